The van der Waals surface area contributed by atoms with Gasteiger partial charge in [-0.1, -0.05) is 5.11 Å². The summed E-state index contributed by atoms with van der Waals surface area (Å²) in [7, 11) is 3.94. The summed E-state index contributed by atoms with van der Waals surface area (Å²) in [4.78, 5) is 16.6. The number of aromatic amines is 1. The molecule has 0 unspecified atom stereocenters. The first-order valence-corrected chi connectivity index (χ1v) is 15.6. The molecule has 0 saturated carbocycles. The fraction of sp³-hybridized carbons (Fsp3) is 0.438. The van der Waals surface area contributed by atoms with Crippen molar-refractivity contribution in [2.24, 2.45) is 34.6 Å². The summed E-state index contributed by atoms with van der Waals surface area (Å²) in [6.45, 7) is 17.1. The fourth-order valence-electron chi connectivity index (χ4n) is 5.71. The molecule has 4 aromatic rings. The van der Waals surface area contributed by atoms with E-state index in [1.807, 2.05) is 47.8 Å². The molecular weight excluding hydrogens is 552 g/mol. The third-order valence-electron chi connectivity index (χ3n) is 8.23. The van der Waals surface area contributed by atoms with E-state index in [4.69, 9.17) is 0 Å². The third-order valence-corrected chi connectivity index (χ3v) is 8.23. The van der Waals surface area contributed by atoms with Gasteiger partial charge in [0.15, 0.2) is 0 Å². The van der Waals surface area contributed by atoms with E-state index >= 15 is 0 Å². The average molecular weight is 598 g/mol. The second-order valence-electron chi connectivity index (χ2n) is 10.8. The molecule has 0 spiro atoms. The van der Waals surface area contributed by atoms with Crippen LogP contribution in [-0.2, 0) is 14.1 Å². The monoisotopic (exact) mass is 597 g/mol. The van der Waals surface area contributed by atoms with Gasteiger partial charge in [-0.3, -0.25) is 0 Å². The Balaban J connectivity index is 0.000000175. The van der Waals surface area contributed by atoms with Gasteiger partial charge >= 0.3 is 5.95 Å². The number of H-pyrrole nitrogens is 1. The number of aromatic nitrogens is 4. The van der Waals surface area contributed by atoms with Crippen molar-refractivity contribution in [1.82, 2.24) is 14.5 Å². The lowest BCUT2D eigenvalue weighted by Gasteiger charge is -2.38. The second-order valence-corrected chi connectivity index (χ2v) is 10.8. The van der Waals surface area contributed by atoms with Crippen LogP contribution in [0.25, 0.3) is 0 Å². The topological polar surface area (TPSA) is 99.9 Å². The summed E-state index contributed by atoms with van der Waals surface area (Å²) < 4.78 is 3.91. The third kappa shape index (κ3) is 6.74. The largest absolute Gasteiger partial charge is 0.421 e. The minimum absolute atomic E-state index is 0.523. The van der Waals surface area contributed by atoms with Gasteiger partial charge in [-0.2, -0.15) is 0 Å². The molecule has 232 valence electrons. The molecule has 4 heterocycles. The number of azo groups is 2. The molecule has 2 aliphatic heterocycles. The number of imidazole rings is 2. The number of aryl methyl sites for hydroxylation is 2. The summed E-state index contributed by atoms with van der Waals surface area (Å²) in [5.74, 6) is 1.35. The smallest absolute Gasteiger partial charge is 0.368 e. The maximum absolute atomic E-state index is 4.44. The number of likely N-dealkylation sites (N-methyl/N-ethyl adjacent to an activating group) is 4. The van der Waals surface area contributed by atoms with Crippen LogP contribution >= 0.6 is 0 Å². The number of rotatable bonds is 8. The fourth-order valence-corrected chi connectivity index (χ4v) is 5.71. The standard InChI is InChI=1S/C17H25N6.C15H20N6/c1-5-22-11-12-23(6-2)16-13-14(7-8-15(16)22)18-19-17-20(3)9-10-21(17)4;1-3-20-9-10-21(4-2)14-11-12(5-6-13(14)20)18-19-15-16-7-8-17-15/h7-10,13H,5-6,11-12H2,1-4H3;5-8,11H,3-4,9-10H2,1-2H3,(H,16,17)/q+1;. The highest BCUT2D eigenvalue weighted by Gasteiger charge is 2.22. The molecule has 0 saturated heterocycles. The molecule has 2 aromatic heterocycles. The van der Waals surface area contributed by atoms with Crippen molar-refractivity contribution in [3.8, 4) is 0 Å². The molecule has 0 atom stereocenters. The highest BCUT2D eigenvalue weighted by Crippen LogP contribution is 2.37. The number of nitrogens with one attached hydrogen (secondary N) is 1. The molecule has 0 fully saturated rings. The number of hydrogen-bond acceptors (Lipinski definition) is 9. The Bertz CT molecular complexity index is 1550. The Morgan fingerprint density at radius 2 is 1.20 bits per heavy atom. The van der Waals surface area contributed by atoms with Crippen LogP contribution in [0.2, 0.25) is 0 Å². The Labute approximate surface area is 260 Å². The Kier molecular flexibility index (Phi) is 9.88. The molecule has 0 aliphatic carbocycles. The Hall–Kier alpha value is -4.74. The first-order valence-electron chi connectivity index (χ1n) is 15.6. The van der Waals surface area contributed by atoms with Crippen LogP contribution in [0.3, 0.4) is 0 Å². The van der Waals surface area contributed by atoms with Crippen molar-refractivity contribution in [2.75, 3.05) is 72.0 Å². The van der Waals surface area contributed by atoms with E-state index in [9.17, 15) is 0 Å². The number of hydrogen-bond donors (Lipinski definition) is 1. The minimum Gasteiger partial charge on any atom is -0.368 e. The normalized spacial score (nSPS) is 14.7. The average Bonchev–Trinajstić information content (AvgIpc) is 3.70. The molecule has 2 aliphatic rings. The van der Waals surface area contributed by atoms with Gasteiger partial charge in [0, 0.05) is 69.9 Å². The van der Waals surface area contributed by atoms with Gasteiger partial charge in [0.25, 0.3) is 0 Å². The summed E-state index contributed by atoms with van der Waals surface area (Å²) in [6, 6.07) is 12.6. The van der Waals surface area contributed by atoms with Gasteiger partial charge < -0.3 is 24.6 Å². The second kappa shape index (κ2) is 14.2. The summed E-state index contributed by atoms with van der Waals surface area (Å²) >= 11 is 0. The predicted octanol–water partition coefficient (Wildman–Crippen LogP) is 6.42. The maximum atomic E-state index is 4.44. The molecule has 6 rings (SSSR count). The van der Waals surface area contributed by atoms with E-state index in [1.54, 1.807) is 12.4 Å². The van der Waals surface area contributed by atoms with E-state index in [2.05, 4.69) is 102 Å². The molecule has 12 nitrogen and oxygen atoms in total. The Morgan fingerprint density at radius 1 is 0.705 bits per heavy atom. The van der Waals surface area contributed by atoms with E-state index in [0.29, 0.717) is 5.95 Å². The van der Waals surface area contributed by atoms with Crippen LogP contribution < -0.4 is 24.2 Å². The number of nitrogens with zero attached hydrogens (tertiary/aromatic N) is 11. The van der Waals surface area contributed by atoms with Crippen LogP contribution in [0.4, 0.5) is 46.0 Å². The number of benzene rings is 2. The molecular formula is C32H45N12+. The van der Waals surface area contributed by atoms with Gasteiger partial charge in [0.1, 0.15) is 5.69 Å². The van der Waals surface area contributed by atoms with Crippen molar-refractivity contribution < 1.29 is 4.57 Å². The van der Waals surface area contributed by atoms with Crippen molar-refractivity contribution in [1.29, 1.82) is 0 Å². The van der Waals surface area contributed by atoms with E-state index in [-0.39, 0.29) is 0 Å². The van der Waals surface area contributed by atoms with Crippen LogP contribution in [0.15, 0.2) is 81.6 Å². The van der Waals surface area contributed by atoms with Gasteiger partial charge in [-0.15, -0.1) is 10.2 Å². The van der Waals surface area contributed by atoms with E-state index in [0.717, 1.165) is 69.7 Å². The van der Waals surface area contributed by atoms with Crippen molar-refractivity contribution in [2.45, 2.75) is 27.7 Å². The first-order chi connectivity index (χ1) is 21.4. The quantitative estimate of drug-likeness (QED) is 0.187. The lowest BCUT2D eigenvalue weighted by Crippen LogP contribution is -2.40. The van der Waals surface area contributed by atoms with Crippen molar-refractivity contribution in [3.05, 3.63) is 61.2 Å². The predicted molar refractivity (Wildman–Crippen MR) is 178 cm³/mol. The van der Waals surface area contributed by atoms with Crippen LogP contribution in [0, 0.1) is 0 Å². The van der Waals surface area contributed by atoms with Crippen molar-refractivity contribution in [3.63, 3.8) is 0 Å². The molecule has 0 bridgehead atoms. The summed E-state index contributed by atoms with van der Waals surface area (Å²) in [5.41, 5.74) is 6.81. The highest BCUT2D eigenvalue weighted by molar-refractivity contribution is 5.77. The molecule has 12 heteroatoms. The zero-order chi connectivity index (χ0) is 31.1. The first kappa shape index (κ1) is 30.7. The van der Waals surface area contributed by atoms with Crippen LogP contribution in [0.1, 0.15) is 27.7 Å². The molecule has 2 aromatic carbocycles. The van der Waals surface area contributed by atoms with Crippen LogP contribution in [-0.4, -0.2) is 66.9 Å². The van der Waals surface area contributed by atoms with Gasteiger partial charge in [-0.05, 0) is 64.1 Å². The van der Waals surface area contributed by atoms with Gasteiger partial charge in [0.05, 0.1) is 54.9 Å². The molecule has 44 heavy (non-hydrogen) atoms. The van der Waals surface area contributed by atoms with E-state index in [1.165, 1.54) is 22.7 Å². The molecule has 0 radical (unpaired) electrons. The zero-order valence-corrected chi connectivity index (χ0v) is 26.8. The number of fused-ring (bicyclic) bond motifs is 2. The lowest BCUT2D eigenvalue weighted by atomic mass is 10.1. The lowest BCUT2D eigenvalue weighted by molar-refractivity contribution is -0.657. The summed E-state index contributed by atoms with van der Waals surface area (Å²) in [5, 5.41) is 17.2. The van der Waals surface area contributed by atoms with Gasteiger partial charge in [0.2, 0.25) is 5.95 Å². The Morgan fingerprint density at radius 3 is 1.64 bits per heavy atom. The maximum Gasteiger partial charge on any atom is 0.421 e. The van der Waals surface area contributed by atoms with Crippen LogP contribution in [0.5, 0.6) is 0 Å². The molecule has 0 amide bonds. The van der Waals surface area contributed by atoms with E-state index < -0.39 is 0 Å². The van der Waals surface area contributed by atoms with Crippen molar-refractivity contribution >= 4 is 46.0 Å². The highest BCUT2D eigenvalue weighted by atomic mass is 15.3. The molecule has 1 N–H and O–H groups in total. The number of anilines is 4. The SMILES string of the molecule is CCN1CCN(CC)c2cc(N=Nc3n(C)cc[n+]3C)ccc21.CCN1CCN(CC)c2cc(N=Nc3ncc[nH]3)ccc21. The minimum atomic E-state index is 0.523. The summed E-state index contributed by atoms with van der Waals surface area (Å²) in [6.07, 6.45) is 7.34. The zero-order valence-electron chi connectivity index (χ0n) is 26.8. The van der Waals surface area contributed by atoms with Gasteiger partial charge in [-0.25, -0.2) is 14.1 Å².